The molecular formula is C19H18F3N5. The summed E-state index contributed by atoms with van der Waals surface area (Å²) in [5.74, 6) is 1.46. The first kappa shape index (κ1) is 17.5. The van der Waals surface area contributed by atoms with Crippen molar-refractivity contribution < 1.29 is 13.2 Å². The zero-order valence-electron chi connectivity index (χ0n) is 14.4. The third kappa shape index (κ3) is 3.79. The van der Waals surface area contributed by atoms with E-state index in [-0.39, 0.29) is 0 Å². The highest BCUT2D eigenvalue weighted by atomic mass is 19.4. The normalized spacial score (nSPS) is 15.2. The standard InChI is InChI=1S/C19H18F3N5/c20-19(21,22)14-5-3-4-13(12-14)17-23-10-11-27(17)16-8-9-24-18(26-16)25-15-6-1-2-7-15/h3-5,8-12,15H,1-2,6-7H2,(H,24,25,26). The van der Waals surface area contributed by atoms with Crippen LogP contribution < -0.4 is 5.32 Å². The van der Waals surface area contributed by atoms with Gasteiger partial charge in [0.05, 0.1) is 5.56 Å². The van der Waals surface area contributed by atoms with Gasteiger partial charge in [0.1, 0.15) is 11.6 Å². The molecule has 2 aromatic heterocycles. The molecule has 0 unspecified atom stereocenters. The van der Waals surface area contributed by atoms with E-state index in [4.69, 9.17) is 0 Å². The SMILES string of the molecule is FC(F)(F)c1cccc(-c2nccn2-c2ccnc(NC3CCCC3)n2)c1. The number of halogens is 3. The Balaban J connectivity index is 1.66. The Labute approximate surface area is 154 Å². The van der Waals surface area contributed by atoms with Crippen LogP contribution >= 0.6 is 0 Å². The Bertz CT molecular complexity index is 929. The summed E-state index contributed by atoms with van der Waals surface area (Å²) >= 11 is 0. The quantitative estimate of drug-likeness (QED) is 0.720. The largest absolute Gasteiger partial charge is 0.416 e. The van der Waals surface area contributed by atoms with E-state index in [2.05, 4.69) is 20.3 Å². The van der Waals surface area contributed by atoms with E-state index < -0.39 is 11.7 Å². The number of aromatic nitrogens is 4. The van der Waals surface area contributed by atoms with Crippen LogP contribution in [0.15, 0.2) is 48.9 Å². The van der Waals surface area contributed by atoms with E-state index in [1.54, 1.807) is 35.3 Å². The highest BCUT2D eigenvalue weighted by Gasteiger charge is 2.30. The van der Waals surface area contributed by atoms with Crippen molar-refractivity contribution in [3.63, 3.8) is 0 Å². The Morgan fingerprint density at radius 3 is 2.63 bits per heavy atom. The summed E-state index contributed by atoms with van der Waals surface area (Å²) < 4.78 is 40.7. The average molecular weight is 373 g/mol. The summed E-state index contributed by atoms with van der Waals surface area (Å²) in [5.41, 5.74) is -0.334. The van der Waals surface area contributed by atoms with Crippen LogP contribution in [0.3, 0.4) is 0 Å². The topological polar surface area (TPSA) is 55.6 Å². The molecule has 4 rings (SSSR count). The van der Waals surface area contributed by atoms with Gasteiger partial charge in [-0.05, 0) is 31.0 Å². The Morgan fingerprint density at radius 2 is 1.85 bits per heavy atom. The smallest absolute Gasteiger partial charge is 0.351 e. The van der Waals surface area contributed by atoms with Gasteiger partial charge in [0.25, 0.3) is 0 Å². The Kier molecular flexibility index (Phi) is 4.55. The summed E-state index contributed by atoms with van der Waals surface area (Å²) in [5, 5.41) is 3.33. The van der Waals surface area contributed by atoms with Gasteiger partial charge in [-0.15, -0.1) is 0 Å². The molecule has 0 saturated heterocycles. The molecule has 3 aromatic rings. The molecule has 0 atom stereocenters. The van der Waals surface area contributed by atoms with Gasteiger partial charge in [0.2, 0.25) is 5.95 Å². The Hall–Kier alpha value is -2.90. The van der Waals surface area contributed by atoms with Crippen LogP contribution in [0.25, 0.3) is 17.2 Å². The van der Waals surface area contributed by atoms with E-state index >= 15 is 0 Å². The van der Waals surface area contributed by atoms with Crippen molar-refractivity contribution in [1.82, 2.24) is 19.5 Å². The average Bonchev–Trinajstić information content (AvgIpc) is 3.33. The van der Waals surface area contributed by atoms with Gasteiger partial charge in [0, 0.05) is 30.2 Å². The number of hydrogen-bond acceptors (Lipinski definition) is 4. The summed E-state index contributed by atoms with van der Waals surface area (Å²) in [4.78, 5) is 13.0. The zero-order chi connectivity index (χ0) is 18.9. The van der Waals surface area contributed by atoms with E-state index in [1.165, 1.54) is 18.9 Å². The molecule has 5 nitrogen and oxygen atoms in total. The van der Waals surface area contributed by atoms with E-state index in [9.17, 15) is 13.2 Å². The molecule has 0 aliphatic heterocycles. The van der Waals surface area contributed by atoms with Crippen molar-refractivity contribution in [2.75, 3.05) is 5.32 Å². The maximum absolute atomic E-state index is 13.0. The van der Waals surface area contributed by atoms with Gasteiger partial charge < -0.3 is 5.32 Å². The van der Waals surface area contributed by atoms with Crippen LogP contribution in [0.1, 0.15) is 31.2 Å². The summed E-state index contributed by atoms with van der Waals surface area (Å²) in [6.45, 7) is 0. The number of anilines is 1. The first-order chi connectivity index (χ1) is 13.0. The number of nitrogens with one attached hydrogen (secondary N) is 1. The van der Waals surface area contributed by atoms with Crippen LogP contribution in [0, 0.1) is 0 Å². The number of benzene rings is 1. The number of imidazole rings is 1. The van der Waals surface area contributed by atoms with Crippen molar-refractivity contribution >= 4 is 5.95 Å². The minimum atomic E-state index is -4.40. The van der Waals surface area contributed by atoms with Gasteiger partial charge in [-0.2, -0.15) is 18.2 Å². The number of nitrogens with zero attached hydrogens (tertiary/aromatic N) is 4. The summed E-state index contributed by atoms with van der Waals surface area (Å²) in [6.07, 6.45) is 5.02. The maximum Gasteiger partial charge on any atom is 0.416 e. The molecule has 1 aromatic carbocycles. The maximum atomic E-state index is 13.0. The predicted molar refractivity (Wildman–Crippen MR) is 95.5 cm³/mol. The molecule has 27 heavy (non-hydrogen) atoms. The van der Waals surface area contributed by atoms with Crippen molar-refractivity contribution in [3.8, 4) is 17.2 Å². The molecule has 0 spiro atoms. The number of hydrogen-bond donors (Lipinski definition) is 1. The third-order valence-electron chi connectivity index (χ3n) is 4.66. The molecule has 1 N–H and O–H groups in total. The van der Waals surface area contributed by atoms with Crippen LogP contribution in [0.5, 0.6) is 0 Å². The lowest BCUT2D eigenvalue weighted by Gasteiger charge is -2.13. The lowest BCUT2D eigenvalue weighted by atomic mass is 10.1. The van der Waals surface area contributed by atoms with Crippen LogP contribution in [0.2, 0.25) is 0 Å². The van der Waals surface area contributed by atoms with E-state index in [0.29, 0.717) is 29.2 Å². The highest BCUT2D eigenvalue weighted by molar-refractivity contribution is 5.59. The van der Waals surface area contributed by atoms with Gasteiger partial charge in [-0.3, -0.25) is 4.57 Å². The second-order valence-electron chi connectivity index (χ2n) is 6.56. The highest BCUT2D eigenvalue weighted by Crippen LogP contribution is 2.32. The fourth-order valence-electron chi connectivity index (χ4n) is 3.34. The molecule has 1 saturated carbocycles. The van der Waals surface area contributed by atoms with Crippen molar-refractivity contribution in [1.29, 1.82) is 0 Å². The van der Waals surface area contributed by atoms with Gasteiger partial charge in [-0.1, -0.05) is 25.0 Å². The summed E-state index contributed by atoms with van der Waals surface area (Å²) in [7, 11) is 0. The first-order valence-electron chi connectivity index (χ1n) is 8.82. The van der Waals surface area contributed by atoms with Crippen molar-refractivity contribution in [3.05, 3.63) is 54.5 Å². The van der Waals surface area contributed by atoms with E-state index in [0.717, 1.165) is 25.0 Å². The van der Waals surface area contributed by atoms with Gasteiger partial charge >= 0.3 is 6.18 Å². The molecule has 1 aliphatic carbocycles. The third-order valence-corrected chi connectivity index (χ3v) is 4.66. The van der Waals surface area contributed by atoms with E-state index in [1.807, 2.05) is 0 Å². The minimum Gasteiger partial charge on any atom is -0.351 e. The van der Waals surface area contributed by atoms with Crippen molar-refractivity contribution in [2.24, 2.45) is 0 Å². The Morgan fingerprint density at radius 1 is 1.04 bits per heavy atom. The molecule has 8 heteroatoms. The predicted octanol–water partition coefficient (Wildman–Crippen LogP) is 4.70. The first-order valence-corrected chi connectivity index (χ1v) is 8.82. The lowest BCUT2D eigenvalue weighted by molar-refractivity contribution is -0.137. The molecule has 1 fully saturated rings. The monoisotopic (exact) mass is 373 g/mol. The molecule has 1 aliphatic rings. The fourth-order valence-corrected chi connectivity index (χ4v) is 3.34. The van der Waals surface area contributed by atoms with Gasteiger partial charge in [-0.25, -0.2) is 9.97 Å². The molecule has 2 heterocycles. The molecule has 0 radical (unpaired) electrons. The van der Waals surface area contributed by atoms with Gasteiger partial charge in [0.15, 0.2) is 0 Å². The molecule has 0 amide bonds. The van der Waals surface area contributed by atoms with Crippen LogP contribution in [-0.4, -0.2) is 25.6 Å². The molecule has 0 bridgehead atoms. The molecule has 140 valence electrons. The lowest BCUT2D eigenvalue weighted by Crippen LogP contribution is -2.17. The fraction of sp³-hybridized carbons (Fsp3) is 0.316. The zero-order valence-corrected chi connectivity index (χ0v) is 14.4. The van der Waals surface area contributed by atoms with Crippen LogP contribution in [-0.2, 0) is 6.18 Å². The minimum absolute atomic E-state index is 0.367. The van der Waals surface area contributed by atoms with Crippen LogP contribution in [0.4, 0.5) is 19.1 Å². The second-order valence-corrected chi connectivity index (χ2v) is 6.56. The summed E-state index contributed by atoms with van der Waals surface area (Å²) in [6, 6.07) is 7.20. The number of rotatable bonds is 4. The van der Waals surface area contributed by atoms with Crippen molar-refractivity contribution in [2.45, 2.75) is 37.9 Å². The number of alkyl halides is 3. The second kappa shape index (κ2) is 7.02. The molecular weight excluding hydrogens is 355 g/mol.